The van der Waals surface area contributed by atoms with Crippen LogP contribution in [0.4, 0.5) is 0 Å². The highest BCUT2D eigenvalue weighted by Gasteiger charge is 2.37. The summed E-state index contributed by atoms with van der Waals surface area (Å²) < 4.78 is 1.68. The highest BCUT2D eigenvalue weighted by atomic mass is 16.3. The molecule has 0 spiro atoms. The summed E-state index contributed by atoms with van der Waals surface area (Å²) in [5, 5.41) is 20.5. The zero-order valence-corrected chi connectivity index (χ0v) is 12.3. The summed E-state index contributed by atoms with van der Waals surface area (Å²) in [5.74, 6) is -0.278. The number of nitrogens with one attached hydrogen (secondary N) is 2. The molecule has 2 aliphatic rings. The van der Waals surface area contributed by atoms with Crippen LogP contribution in [0, 0.1) is 5.92 Å². The average Bonchev–Trinajstić information content (AvgIpc) is 2.89. The zero-order valence-electron chi connectivity index (χ0n) is 12.3. The lowest BCUT2D eigenvalue weighted by molar-refractivity contribution is -0.121. The third kappa shape index (κ3) is 3.01. The Morgan fingerprint density at radius 1 is 1.50 bits per heavy atom. The van der Waals surface area contributed by atoms with Gasteiger partial charge in [-0.05, 0) is 18.8 Å². The van der Waals surface area contributed by atoms with Gasteiger partial charge in [0, 0.05) is 31.6 Å². The normalized spacial score (nSPS) is 25.7. The number of nitrogens with zero attached hydrogens (tertiary/aromatic N) is 3. The molecule has 1 aliphatic carbocycles. The molecule has 22 heavy (non-hydrogen) atoms. The maximum Gasteiger partial charge on any atom is 0.267 e. The molecule has 0 aromatic carbocycles. The average molecular weight is 305 g/mol. The Hall–Kier alpha value is -2.22. The Morgan fingerprint density at radius 2 is 2.27 bits per heavy atom. The number of hydrogen-bond acceptors (Lipinski definition) is 5. The van der Waals surface area contributed by atoms with Gasteiger partial charge >= 0.3 is 0 Å². The minimum Gasteiger partial charge on any atom is -0.393 e. The second-order valence-electron chi connectivity index (χ2n) is 5.88. The molecular formula is C14H19N5O3. The van der Waals surface area contributed by atoms with E-state index in [0.717, 1.165) is 5.56 Å². The van der Waals surface area contributed by atoms with Crippen LogP contribution >= 0.6 is 0 Å². The summed E-state index contributed by atoms with van der Waals surface area (Å²) in [6, 6.07) is -0.204. The molecule has 1 fully saturated rings. The van der Waals surface area contributed by atoms with Gasteiger partial charge in [0.2, 0.25) is 5.91 Å². The van der Waals surface area contributed by atoms with Crippen molar-refractivity contribution >= 4 is 17.5 Å². The predicted molar refractivity (Wildman–Crippen MR) is 77.6 cm³/mol. The number of amides is 2. The van der Waals surface area contributed by atoms with Crippen molar-refractivity contribution < 1.29 is 14.7 Å². The Balaban J connectivity index is 1.72. The molecule has 2 amide bonds. The zero-order chi connectivity index (χ0) is 15.7. The van der Waals surface area contributed by atoms with Crippen molar-refractivity contribution in [2.45, 2.75) is 37.8 Å². The van der Waals surface area contributed by atoms with Crippen molar-refractivity contribution in [1.82, 2.24) is 20.5 Å². The number of aromatic nitrogens is 2. The summed E-state index contributed by atoms with van der Waals surface area (Å²) in [7, 11) is 1.82. The van der Waals surface area contributed by atoms with E-state index in [0.29, 0.717) is 25.0 Å². The van der Waals surface area contributed by atoms with Crippen LogP contribution in [-0.2, 0) is 16.6 Å². The van der Waals surface area contributed by atoms with Crippen LogP contribution in [0.1, 0.15) is 37.3 Å². The molecule has 0 unspecified atom stereocenters. The fraction of sp³-hybridized carbons (Fsp3) is 0.571. The Labute approximate surface area is 127 Å². The third-order valence-corrected chi connectivity index (χ3v) is 4.16. The number of carbonyl (C=O) groups is 2. The van der Waals surface area contributed by atoms with E-state index in [1.54, 1.807) is 10.9 Å². The van der Waals surface area contributed by atoms with Crippen LogP contribution in [0.2, 0.25) is 0 Å². The van der Waals surface area contributed by atoms with E-state index in [1.807, 2.05) is 13.2 Å². The lowest BCUT2D eigenvalue weighted by atomic mass is 9.75. The first-order valence-corrected chi connectivity index (χ1v) is 7.36. The van der Waals surface area contributed by atoms with E-state index in [4.69, 9.17) is 0 Å². The van der Waals surface area contributed by atoms with Gasteiger partial charge in [-0.15, -0.1) is 0 Å². The van der Waals surface area contributed by atoms with Crippen molar-refractivity contribution in [3.05, 3.63) is 18.0 Å². The monoisotopic (exact) mass is 305 g/mol. The second kappa shape index (κ2) is 5.88. The van der Waals surface area contributed by atoms with Crippen molar-refractivity contribution in [2.24, 2.45) is 18.1 Å². The van der Waals surface area contributed by atoms with Gasteiger partial charge < -0.3 is 10.4 Å². The van der Waals surface area contributed by atoms with Crippen LogP contribution in [0.5, 0.6) is 0 Å². The number of hydrazone groups is 1. The fourth-order valence-corrected chi connectivity index (χ4v) is 2.84. The van der Waals surface area contributed by atoms with Crippen molar-refractivity contribution in [3.63, 3.8) is 0 Å². The van der Waals surface area contributed by atoms with Gasteiger partial charge in [0.05, 0.1) is 18.3 Å². The molecule has 3 rings (SSSR count). The predicted octanol–water partition coefficient (Wildman–Crippen LogP) is -0.386. The van der Waals surface area contributed by atoms with E-state index < -0.39 is 0 Å². The lowest BCUT2D eigenvalue weighted by Crippen LogP contribution is -2.44. The molecule has 1 aliphatic heterocycles. The largest absolute Gasteiger partial charge is 0.393 e. The summed E-state index contributed by atoms with van der Waals surface area (Å²) in [6.07, 6.45) is 5.20. The van der Waals surface area contributed by atoms with E-state index in [-0.39, 0.29) is 36.3 Å². The number of rotatable bonds is 4. The molecule has 3 N–H and O–H groups in total. The summed E-state index contributed by atoms with van der Waals surface area (Å²) in [6.45, 7) is 0. The topological polar surface area (TPSA) is 109 Å². The van der Waals surface area contributed by atoms with Gasteiger partial charge in [-0.1, -0.05) is 0 Å². The van der Waals surface area contributed by atoms with Crippen molar-refractivity contribution in [2.75, 3.05) is 0 Å². The molecule has 1 aromatic heterocycles. The minimum absolute atomic E-state index is 0.178. The third-order valence-electron chi connectivity index (χ3n) is 4.16. The highest BCUT2D eigenvalue weighted by molar-refractivity contribution is 6.39. The van der Waals surface area contributed by atoms with Gasteiger partial charge in [-0.25, -0.2) is 5.43 Å². The van der Waals surface area contributed by atoms with Gasteiger partial charge in [0.1, 0.15) is 5.71 Å². The molecule has 0 bridgehead atoms. The van der Waals surface area contributed by atoms with E-state index >= 15 is 0 Å². The van der Waals surface area contributed by atoms with Gasteiger partial charge in [0.25, 0.3) is 5.91 Å². The quantitative estimate of drug-likeness (QED) is 0.704. The Kier molecular flexibility index (Phi) is 3.93. The first-order chi connectivity index (χ1) is 10.5. The number of carbonyl (C=O) groups excluding carboxylic acids is 2. The lowest BCUT2D eigenvalue weighted by Gasteiger charge is -2.37. The van der Waals surface area contributed by atoms with E-state index in [2.05, 4.69) is 20.9 Å². The maximum absolute atomic E-state index is 12.3. The van der Waals surface area contributed by atoms with Gasteiger partial charge in [-0.3, -0.25) is 14.3 Å². The van der Waals surface area contributed by atoms with Crippen LogP contribution in [-0.4, -0.2) is 38.5 Å². The SMILES string of the molecule is Cn1cc([C@H](NC(=O)C2=NNC(=O)CC2)C2CC(O)C2)cn1. The maximum atomic E-state index is 12.3. The molecule has 1 saturated carbocycles. The smallest absolute Gasteiger partial charge is 0.267 e. The molecule has 2 heterocycles. The van der Waals surface area contributed by atoms with Crippen LogP contribution in [0.15, 0.2) is 17.5 Å². The minimum atomic E-state index is -0.299. The van der Waals surface area contributed by atoms with Gasteiger partial charge in [0.15, 0.2) is 0 Å². The molecule has 0 saturated heterocycles. The van der Waals surface area contributed by atoms with Crippen LogP contribution < -0.4 is 10.7 Å². The number of aliphatic hydroxyl groups excluding tert-OH is 1. The molecule has 0 radical (unpaired) electrons. The number of aryl methyl sites for hydroxylation is 1. The Bertz CT molecular complexity index is 618. The summed E-state index contributed by atoms with van der Waals surface area (Å²) in [4.78, 5) is 23.4. The number of hydrogen-bond donors (Lipinski definition) is 3. The molecule has 8 nitrogen and oxygen atoms in total. The Morgan fingerprint density at radius 3 is 2.82 bits per heavy atom. The molecule has 1 atom stereocenters. The summed E-state index contributed by atoms with van der Waals surface area (Å²) in [5.41, 5.74) is 3.56. The standard InChI is InChI=1S/C14H19N5O3/c1-19-7-9(6-15-19)13(8-4-10(20)5-8)16-14(22)11-2-3-12(21)18-17-11/h6-8,10,13,20H,2-5H2,1H3,(H,16,22)(H,18,21)/t8?,10?,13-/m1/s1. The molecular weight excluding hydrogens is 286 g/mol. The first-order valence-electron chi connectivity index (χ1n) is 7.36. The summed E-state index contributed by atoms with van der Waals surface area (Å²) >= 11 is 0. The van der Waals surface area contributed by atoms with Gasteiger partial charge in [-0.2, -0.15) is 10.2 Å². The highest BCUT2D eigenvalue weighted by Crippen LogP contribution is 2.37. The first kappa shape index (κ1) is 14.7. The molecule has 8 heteroatoms. The molecule has 1 aromatic rings. The van der Waals surface area contributed by atoms with Crippen molar-refractivity contribution in [1.29, 1.82) is 0 Å². The van der Waals surface area contributed by atoms with E-state index in [9.17, 15) is 14.7 Å². The van der Waals surface area contributed by atoms with Crippen LogP contribution in [0.25, 0.3) is 0 Å². The van der Waals surface area contributed by atoms with Crippen molar-refractivity contribution in [3.8, 4) is 0 Å². The second-order valence-corrected chi connectivity index (χ2v) is 5.88. The van der Waals surface area contributed by atoms with E-state index in [1.165, 1.54) is 0 Å². The fourth-order valence-electron chi connectivity index (χ4n) is 2.84. The molecule has 118 valence electrons. The van der Waals surface area contributed by atoms with Crippen LogP contribution in [0.3, 0.4) is 0 Å². The number of aliphatic hydroxyl groups is 1.